The Morgan fingerprint density at radius 1 is 1.50 bits per heavy atom. The van der Waals surface area contributed by atoms with Crippen molar-refractivity contribution in [3.8, 4) is 18.1 Å². The van der Waals surface area contributed by atoms with Crippen molar-refractivity contribution in [1.29, 1.82) is 0 Å². The van der Waals surface area contributed by atoms with E-state index < -0.39 is 11.0 Å². The van der Waals surface area contributed by atoms with E-state index in [-0.39, 0.29) is 12.5 Å². The lowest BCUT2D eigenvalue weighted by atomic mass is 10.1. The Morgan fingerprint density at radius 2 is 2.25 bits per heavy atom. The summed E-state index contributed by atoms with van der Waals surface area (Å²) in [5.74, 6) is 2.80. The summed E-state index contributed by atoms with van der Waals surface area (Å²) in [6.45, 7) is 3.33. The molecule has 1 unspecified atom stereocenters. The molecule has 0 fully saturated rings. The smallest absolute Gasteiger partial charge is 0.272 e. The van der Waals surface area contributed by atoms with Crippen LogP contribution >= 0.6 is 11.8 Å². The lowest BCUT2D eigenvalue weighted by Crippen LogP contribution is -2.50. The van der Waals surface area contributed by atoms with E-state index in [4.69, 9.17) is 11.2 Å². The van der Waals surface area contributed by atoms with Crippen LogP contribution in [0.4, 0.5) is 0 Å². The summed E-state index contributed by atoms with van der Waals surface area (Å²) in [7, 11) is 0. The number of aliphatic hydroxyl groups excluding tert-OH is 1. The number of aliphatic hydroxyl groups is 1. The number of pyridine rings is 1. The normalized spacial score (nSPS) is 12.5. The highest BCUT2D eigenvalue weighted by Gasteiger charge is 2.26. The Labute approximate surface area is 145 Å². The van der Waals surface area contributed by atoms with Crippen LogP contribution in [0.15, 0.2) is 30.5 Å². The zero-order valence-corrected chi connectivity index (χ0v) is 14.7. The van der Waals surface area contributed by atoms with E-state index >= 15 is 0 Å². The van der Waals surface area contributed by atoms with Crippen LogP contribution < -0.4 is 10.1 Å². The summed E-state index contributed by atoms with van der Waals surface area (Å²) in [4.78, 5) is 16.6. The van der Waals surface area contributed by atoms with Crippen molar-refractivity contribution in [3.05, 3.63) is 36.0 Å². The molecule has 0 saturated heterocycles. The maximum absolute atomic E-state index is 12.3. The molecule has 0 aliphatic carbocycles. The molecular weight excluding hydrogens is 324 g/mol. The predicted octanol–water partition coefficient (Wildman–Crippen LogP) is 2.17. The molecule has 2 N–H and O–H groups in total. The van der Waals surface area contributed by atoms with Gasteiger partial charge >= 0.3 is 0 Å². The first-order valence-electron chi connectivity index (χ1n) is 7.37. The zero-order valence-electron chi connectivity index (χ0n) is 13.9. The minimum Gasteiger partial charge on any atom is -0.470 e. The topological polar surface area (TPSA) is 71.5 Å². The molecule has 5 nitrogen and oxygen atoms in total. The standard InChI is InChI=1S/C18H20N2O3S/c1-5-12-8-13-9-14(6-7-15(13)19-10-12)23-17(24-4)16(22)20-18(2,3)11-21/h1,6-10,17,21H,11H2,2-4H3,(H,20,22). The number of fused-ring (bicyclic) bond motifs is 1. The number of nitrogens with one attached hydrogen (secondary N) is 1. The van der Waals surface area contributed by atoms with E-state index in [0.717, 1.165) is 10.9 Å². The van der Waals surface area contributed by atoms with Gasteiger partial charge in [-0.05, 0) is 44.4 Å². The molecule has 0 spiro atoms. The summed E-state index contributed by atoms with van der Waals surface area (Å²) in [5, 5.41) is 12.9. The van der Waals surface area contributed by atoms with E-state index in [1.54, 1.807) is 38.4 Å². The first kappa shape index (κ1) is 18.1. The molecule has 0 bridgehead atoms. The molecule has 0 radical (unpaired) electrons. The molecule has 6 heteroatoms. The van der Waals surface area contributed by atoms with Gasteiger partial charge in [0.25, 0.3) is 5.91 Å². The average Bonchev–Trinajstić information content (AvgIpc) is 2.58. The van der Waals surface area contributed by atoms with Gasteiger partial charge in [0.2, 0.25) is 5.44 Å². The predicted molar refractivity (Wildman–Crippen MR) is 96.9 cm³/mol. The van der Waals surface area contributed by atoms with Gasteiger partial charge in [-0.1, -0.05) is 5.92 Å². The maximum atomic E-state index is 12.3. The molecule has 1 amide bonds. The molecule has 24 heavy (non-hydrogen) atoms. The van der Waals surface area contributed by atoms with Crippen molar-refractivity contribution in [1.82, 2.24) is 10.3 Å². The maximum Gasteiger partial charge on any atom is 0.272 e. The third-order valence-corrected chi connectivity index (χ3v) is 4.09. The number of thioether (sulfide) groups is 1. The highest BCUT2D eigenvalue weighted by atomic mass is 32.2. The van der Waals surface area contributed by atoms with Gasteiger partial charge in [0.1, 0.15) is 5.75 Å². The van der Waals surface area contributed by atoms with Crippen molar-refractivity contribution in [2.45, 2.75) is 24.8 Å². The Balaban J connectivity index is 2.20. The van der Waals surface area contributed by atoms with Gasteiger partial charge in [0.05, 0.1) is 17.7 Å². The number of carbonyl (C=O) groups is 1. The molecule has 1 aromatic heterocycles. The fourth-order valence-corrected chi connectivity index (χ4v) is 2.51. The first-order chi connectivity index (χ1) is 11.4. The van der Waals surface area contributed by atoms with Crippen LogP contribution in [0, 0.1) is 12.3 Å². The Morgan fingerprint density at radius 3 is 2.88 bits per heavy atom. The third-order valence-electron chi connectivity index (χ3n) is 3.35. The van der Waals surface area contributed by atoms with Gasteiger partial charge in [-0.3, -0.25) is 9.78 Å². The monoisotopic (exact) mass is 344 g/mol. The van der Waals surface area contributed by atoms with Gasteiger partial charge in [0.15, 0.2) is 0 Å². The second kappa shape index (κ2) is 7.56. The second-order valence-electron chi connectivity index (χ2n) is 5.94. The van der Waals surface area contributed by atoms with Gasteiger partial charge < -0.3 is 15.2 Å². The van der Waals surface area contributed by atoms with Crippen molar-refractivity contribution in [3.63, 3.8) is 0 Å². The number of hydrogen-bond donors (Lipinski definition) is 2. The lowest BCUT2D eigenvalue weighted by molar-refractivity contribution is -0.126. The van der Waals surface area contributed by atoms with E-state index in [2.05, 4.69) is 16.2 Å². The van der Waals surface area contributed by atoms with E-state index in [9.17, 15) is 9.90 Å². The molecule has 0 aliphatic heterocycles. The lowest BCUT2D eigenvalue weighted by Gasteiger charge is -2.26. The van der Waals surface area contributed by atoms with E-state index in [1.165, 1.54) is 11.8 Å². The number of hydrogen-bond acceptors (Lipinski definition) is 5. The fourth-order valence-electron chi connectivity index (χ4n) is 2.03. The summed E-state index contributed by atoms with van der Waals surface area (Å²) < 4.78 is 5.79. The number of terminal acetylenes is 1. The summed E-state index contributed by atoms with van der Waals surface area (Å²) in [6, 6.07) is 7.23. The number of aromatic nitrogens is 1. The van der Waals surface area contributed by atoms with Crippen molar-refractivity contribution in [2.24, 2.45) is 0 Å². The van der Waals surface area contributed by atoms with Crippen LogP contribution in [0.2, 0.25) is 0 Å². The second-order valence-corrected chi connectivity index (χ2v) is 6.84. The molecule has 1 atom stereocenters. The van der Waals surface area contributed by atoms with Crippen LogP contribution in [-0.4, -0.2) is 39.8 Å². The van der Waals surface area contributed by atoms with Gasteiger partial charge in [-0.15, -0.1) is 18.2 Å². The van der Waals surface area contributed by atoms with Crippen LogP contribution in [0.25, 0.3) is 10.9 Å². The van der Waals surface area contributed by atoms with Gasteiger partial charge in [-0.25, -0.2) is 0 Å². The molecule has 126 valence electrons. The summed E-state index contributed by atoms with van der Waals surface area (Å²) >= 11 is 1.27. The highest BCUT2D eigenvalue weighted by Crippen LogP contribution is 2.23. The third kappa shape index (κ3) is 4.40. The van der Waals surface area contributed by atoms with Crippen molar-refractivity contribution in [2.75, 3.05) is 12.9 Å². The van der Waals surface area contributed by atoms with Crippen molar-refractivity contribution < 1.29 is 14.6 Å². The fraction of sp³-hybridized carbons (Fsp3) is 0.333. The first-order valence-corrected chi connectivity index (χ1v) is 8.66. The van der Waals surface area contributed by atoms with Crippen LogP contribution in [0.1, 0.15) is 19.4 Å². The number of ether oxygens (including phenoxy) is 1. The van der Waals surface area contributed by atoms with Crippen LogP contribution in [0.5, 0.6) is 5.75 Å². The number of carbonyl (C=O) groups excluding carboxylic acids is 1. The van der Waals surface area contributed by atoms with Gasteiger partial charge in [0, 0.05) is 17.1 Å². The summed E-state index contributed by atoms with van der Waals surface area (Å²) in [5.41, 5.74) is 0.0529. The Kier molecular flexibility index (Phi) is 5.71. The molecule has 1 heterocycles. The molecule has 1 aromatic carbocycles. The highest BCUT2D eigenvalue weighted by molar-refractivity contribution is 7.99. The molecule has 0 aliphatic rings. The molecule has 0 saturated carbocycles. The SMILES string of the molecule is C#Cc1cnc2ccc(OC(SC)C(=O)NC(C)(C)CO)cc2c1. The minimum absolute atomic E-state index is 0.156. The minimum atomic E-state index is -0.725. The van der Waals surface area contributed by atoms with E-state index in [0.29, 0.717) is 11.3 Å². The quantitative estimate of drug-likeness (QED) is 0.621. The molecule has 2 aromatic rings. The van der Waals surface area contributed by atoms with Gasteiger partial charge in [-0.2, -0.15) is 0 Å². The molecular formula is C18H20N2O3S. The Hall–Kier alpha value is -2.23. The zero-order chi connectivity index (χ0) is 17.7. The average molecular weight is 344 g/mol. The largest absolute Gasteiger partial charge is 0.470 e. The number of nitrogens with zero attached hydrogens (tertiary/aromatic N) is 1. The number of rotatable bonds is 6. The van der Waals surface area contributed by atoms with E-state index in [1.807, 2.05) is 12.1 Å². The number of benzene rings is 1. The summed E-state index contributed by atoms with van der Waals surface area (Å²) in [6.07, 6.45) is 8.82. The van der Waals surface area contributed by atoms with Crippen LogP contribution in [-0.2, 0) is 4.79 Å². The Bertz CT molecular complexity index is 783. The molecule has 2 rings (SSSR count). The van der Waals surface area contributed by atoms with Crippen molar-refractivity contribution >= 4 is 28.6 Å². The van der Waals surface area contributed by atoms with Crippen LogP contribution in [0.3, 0.4) is 0 Å². The number of amides is 1.